The molecular formula is C12H16ClN3O3. The Morgan fingerprint density at radius 2 is 2.11 bits per heavy atom. The van der Waals surface area contributed by atoms with Crippen molar-refractivity contribution in [3.8, 4) is 0 Å². The third kappa shape index (κ3) is 3.07. The molecule has 1 aromatic rings. The predicted molar refractivity (Wildman–Crippen MR) is 68.9 cm³/mol. The average molecular weight is 286 g/mol. The second-order valence-corrected chi connectivity index (χ2v) is 5.14. The molecule has 1 fully saturated rings. The van der Waals surface area contributed by atoms with E-state index in [1.54, 1.807) is 16.5 Å². The number of piperidine rings is 1. The quantitative estimate of drug-likeness (QED) is 0.904. The molecule has 2 rings (SSSR count). The van der Waals surface area contributed by atoms with Crippen LogP contribution in [-0.4, -0.2) is 44.8 Å². The van der Waals surface area contributed by atoms with Gasteiger partial charge in [-0.25, -0.2) is 0 Å². The highest BCUT2D eigenvalue weighted by Gasteiger charge is 2.27. The van der Waals surface area contributed by atoms with Crippen molar-refractivity contribution < 1.29 is 14.7 Å². The van der Waals surface area contributed by atoms with Crippen LogP contribution in [0.25, 0.3) is 0 Å². The number of aliphatic carboxylic acids is 1. The maximum Gasteiger partial charge on any atom is 0.306 e. The molecule has 0 unspecified atom stereocenters. The van der Waals surface area contributed by atoms with E-state index in [4.69, 9.17) is 16.7 Å². The van der Waals surface area contributed by atoms with Crippen molar-refractivity contribution in [3.05, 3.63) is 16.9 Å². The molecule has 0 bridgehead atoms. The fourth-order valence-corrected chi connectivity index (χ4v) is 2.33. The third-order valence-corrected chi connectivity index (χ3v) is 3.90. The molecule has 2 heterocycles. The highest BCUT2D eigenvalue weighted by Crippen LogP contribution is 2.18. The van der Waals surface area contributed by atoms with Crippen LogP contribution in [0.15, 0.2) is 6.20 Å². The number of nitrogens with zero attached hydrogens (tertiary/aromatic N) is 3. The molecule has 1 amide bonds. The van der Waals surface area contributed by atoms with Crippen molar-refractivity contribution in [1.82, 2.24) is 14.7 Å². The van der Waals surface area contributed by atoms with Gasteiger partial charge < -0.3 is 10.0 Å². The molecular weight excluding hydrogens is 270 g/mol. The zero-order valence-electron chi connectivity index (χ0n) is 10.7. The van der Waals surface area contributed by atoms with Crippen LogP contribution in [0.1, 0.15) is 18.5 Å². The lowest BCUT2D eigenvalue weighted by Crippen LogP contribution is -2.41. The summed E-state index contributed by atoms with van der Waals surface area (Å²) in [6, 6.07) is 0. The van der Waals surface area contributed by atoms with Crippen LogP contribution in [0.3, 0.4) is 0 Å². The number of carboxylic acids is 1. The summed E-state index contributed by atoms with van der Waals surface area (Å²) in [5.74, 6) is -1.15. The Labute approximate surface area is 115 Å². The number of halogens is 1. The number of carbonyl (C=O) groups is 2. The Morgan fingerprint density at radius 3 is 2.58 bits per heavy atom. The maximum absolute atomic E-state index is 12.1. The molecule has 0 atom stereocenters. The minimum atomic E-state index is -0.776. The zero-order valence-corrected chi connectivity index (χ0v) is 11.4. The molecule has 104 valence electrons. The van der Waals surface area contributed by atoms with Gasteiger partial charge in [0.15, 0.2) is 0 Å². The first-order valence-electron chi connectivity index (χ1n) is 6.17. The van der Waals surface area contributed by atoms with Gasteiger partial charge in [0.1, 0.15) is 6.54 Å². The summed E-state index contributed by atoms with van der Waals surface area (Å²) in [6.07, 6.45) is 2.54. The van der Waals surface area contributed by atoms with Gasteiger partial charge >= 0.3 is 5.97 Å². The molecule has 0 spiro atoms. The van der Waals surface area contributed by atoms with Crippen LogP contribution in [-0.2, 0) is 16.1 Å². The smallest absolute Gasteiger partial charge is 0.306 e. The molecule has 1 aliphatic rings. The fraction of sp³-hybridized carbons (Fsp3) is 0.583. The molecule has 1 aromatic heterocycles. The molecule has 1 aliphatic heterocycles. The molecule has 0 aromatic carbocycles. The van der Waals surface area contributed by atoms with E-state index < -0.39 is 5.97 Å². The molecule has 1 saturated heterocycles. The van der Waals surface area contributed by atoms with E-state index >= 15 is 0 Å². The van der Waals surface area contributed by atoms with E-state index in [-0.39, 0.29) is 18.4 Å². The van der Waals surface area contributed by atoms with Crippen LogP contribution < -0.4 is 0 Å². The lowest BCUT2D eigenvalue weighted by Gasteiger charge is -2.30. The monoisotopic (exact) mass is 285 g/mol. The summed E-state index contributed by atoms with van der Waals surface area (Å²) in [7, 11) is 0. The van der Waals surface area contributed by atoms with E-state index in [0.717, 1.165) is 5.69 Å². The lowest BCUT2D eigenvalue weighted by molar-refractivity contribution is -0.145. The van der Waals surface area contributed by atoms with Crippen LogP contribution in [0.2, 0.25) is 5.02 Å². The summed E-state index contributed by atoms with van der Waals surface area (Å²) in [6.45, 7) is 2.93. The van der Waals surface area contributed by atoms with Crippen molar-refractivity contribution in [2.75, 3.05) is 13.1 Å². The van der Waals surface area contributed by atoms with Crippen molar-refractivity contribution >= 4 is 23.5 Å². The number of carbonyl (C=O) groups excluding carboxylic acids is 1. The minimum Gasteiger partial charge on any atom is -0.481 e. The Morgan fingerprint density at radius 1 is 1.47 bits per heavy atom. The Hall–Kier alpha value is -1.56. The highest BCUT2D eigenvalue weighted by atomic mass is 35.5. The summed E-state index contributed by atoms with van der Waals surface area (Å²) >= 11 is 5.88. The number of hydrogen-bond acceptors (Lipinski definition) is 3. The SMILES string of the molecule is Cc1c(Cl)cnn1CC(=O)N1CCC(C(=O)O)CC1. The Kier molecular flexibility index (Phi) is 4.09. The standard InChI is InChI=1S/C12H16ClN3O3/c1-8-10(13)6-14-16(8)7-11(17)15-4-2-9(3-5-15)12(18)19/h6,9H,2-5,7H2,1H3,(H,18,19). The van der Waals surface area contributed by atoms with Gasteiger partial charge in [-0.2, -0.15) is 5.10 Å². The van der Waals surface area contributed by atoms with Gasteiger partial charge in [-0.05, 0) is 19.8 Å². The van der Waals surface area contributed by atoms with E-state index in [1.165, 1.54) is 6.20 Å². The fourth-order valence-electron chi connectivity index (χ4n) is 2.19. The second-order valence-electron chi connectivity index (χ2n) is 4.73. The first-order chi connectivity index (χ1) is 8.99. The number of rotatable bonds is 3. The number of aromatic nitrogens is 2. The number of hydrogen-bond donors (Lipinski definition) is 1. The van der Waals surface area contributed by atoms with E-state index in [9.17, 15) is 9.59 Å². The van der Waals surface area contributed by atoms with Crippen molar-refractivity contribution in [1.29, 1.82) is 0 Å². The van der Waals surface area contributed by atoms with Crippen molar-refractivity contribution in [2.45, 2.75) is 26.3 Å². The summed E-state index contributed by atoms with van der Waals surface area (Å²) in [5, 5.41) is 13.5. The van der Waals surface area contributed by atoms with E-state index in [1.807, 2.05) is 0 Å². The van der Waals surface area contributed by atoms with Gasteiger partial charge in [0.2, 0.25) is 5.91 Å². The summed E-state index contributed by atoms with van der Waals surface area (Å²) in [4.78, 5) is 24.6. The zero-order chi connectivity index (χ0) is 14.0. The van der Waals surface area contributed by atoms with Crippen molar-refractivity contribution in [2.24, 2.45) is 5.92 Å². The molecule has 0 aliphatic carbocycles. The number of amides is 1. The third-order valence-electron chi connectivity index (χ3n) is 3.53. The number of carboxylic acid groups (broad SMARTS) is 1. The Bertz CT molecular complexity index is 492. The molecule has 19 heavy (non-hydrogen) atoms. The summed E-state index contributed by atoms with van der Waals surface area (Å²) < 4.78 is 1.56. The molecule has 1 N–H and O–H groups in total. The molecule has 7 heteroatoms. The first kappa shape index (κ1) is 13.9. The molecule has 6 nitrogen and oxygen atoms in total. The topological polar surface area (TPSA) is 75.4 Å². The van der Waals surface area contributed by atoms with Gasteiger partial charge in [0.05, 0.1) is 22.8 Å². The van der Waals surface area contributed by atoms with Crippen LogP contribution in [0.5, 0.6) is 0 Å². The van der Waals surface area contributed by atoms with Gasteiger partial charge in [0.25, 0.3) is 0 Å². The second kappa shape index (κ2) is 5.61. The van der Waals surface area contributed by atoms with Gasteiger partial charge in [-0.15, -0.1) is 0 Å². The molecule has 0 saturated carbocycles. The largest absolute Gasteiger partial charge is 0.481 e. The normalized spacial score (nSPS) is 16.6. The van der Waals surface area contributed by atoms with Crippen molar-refractivity contribution in [3.63, 3.8) is 0 Å². The molecule has 0 radical (unpaired) electrons. The predicted octanol–water partition coefficient (Wildman–Crippen LogP) is 1.17. The van der Waals surface area contributed by atoms with Gasteiger partial charge in [-0.1, -0.05) is 11.6 Å². The first-order valence-corrected chi connectivity index (χ1v) is 6.55. The highest BCUT2D eigenvalue weighted by molar-refractivity contribution is 6.31. The summed E-state index contributed by atoms with van der Waals surface area (Å²) in [5.41, 5.74) is 0.760. The van der Waals surface area contributed by atoms with E-state index in [0.29, 0.717) is 31.0 Å². The maximum atomic E-state index is 12.1. The number of likely N-dealkylation sites (tertiary alicyclic amines) is 1. The van der Waals surface area contributed by atoms with Crippen LogP contribution in [0, 0.1) is 12.8 Å². The van der Waals surface area contributed by atoms with E-state index in [2.05, 4.69) is 5.10 Å². The lowest BCUT2D eigenvalue weighted by atomic mass is 9.97. The minimum absolute atomic E-state index is 0.0493. The Balaban J connectivity index is 1.91. The van der Waals surface area contributed by atoms with Crippen LogP contribution >= 0.6 is 11.6 Å². The van der Waals surface area contributed by atoms with Gasteiger partial charge in [0, 0.05) is 13.1 Å². The average Bonchev–Trinajstić information content (AvgIpc) is 2.71. The van der Waals surface area contributed by atoms with Gasteiger partial charge in [-0.3, -0.25) is 14.3 Å². The van der Waals surface area contributed by atoms with Crippen LogP contribution in [0.4, 0.5) is 0 Å².